The zero-order valence-corrected chi connectivity index (χ0v) is 16.0. The molecule has 0 aliphatic carbocycles. The normalized spacial score (nSPS) is 16.6. The largest absolute Gasteiger partial charge is 0.419 e. The van der Waals surface area contributed by atoms with Gasteiger partial charge >= 0.3 is 0 Å². The van der Waals surface area contributed by atoms with Crippen LogP contribution in [-0.2, 0) is 4.79 Å². The lowest BCUT2D eigenvalue weighted by Crippen LogP contribution is -2.50. The molecule has 10 heteroatoms. The van der Waals surface area contributed by atoms with Gasteiger partial charge in [-0.05, 0) is 26.0 Å². The van der Waals surface area contributed by atoms with Crippen molar-refractivity contribution in [2.24, 2.45) is 0 Å². The van der Waals surface area contributed by atoms with E-state index in [0.29, 0.717) is 30.4 Å². The second-order valence-electron chi connectivity index (χ2n) is 6.69. The number of benzene rings is 1. The number of amides is 1. The zero-order chi connectivity index (χ0) is 20.1. The molecule has 0 bridgehead atoms. The van der Waals surface area contributed by atoms with E-state index in [1.54, 1.807) is 12.1 Å². The summed E-state index contributed by atoms with van der Waals surface area (Å²) in [5, 5.41) is 21.8. The predicted molar refractivity (Wildman–Crippen MR) is 102 cm³/mol. The summed E-state index contributed by atoms with van der Waals surface area (Å²) in [5.41, 5.74) is 0.658. The topological polar surface area (TPSA) is 118 Å². The first kappa shape index (κ1) is 19.9. The van der Waals surface area contributed by atoms with Gasteiger partial charge in [-0.1, -0.05) is 0 Å². The smallest absolute Gasteiger partial charge is 0.269 e. The van der Waals surface area contributed by atoms with Crippen molar-refractivity contribution in [3.8, 4) is 11.5 Å². The SMILES string of the molecule is CCNC(=O)CN1CCN(C(C)c2nnc(-c3ccc([N+](=O)[O-])cc3)o2)CC1. The average Bonchev–Trinajstić information content (AvgIpc) is 3.18. The Morgan fingerprint density at radius 1 is 1.25 bits per heavy atom. The number of nitro groups is 1. The van der Waals surface area contributed by atoms with E-state index in [-0.39, 0.29) is 17.6 Å². The van der Waals surface area contributed by atoms with E-state index in [2.05, 4.69) is 25.3 Å². The highest BCUT2D eigenvalue weighted by Crippen LogP contribution is 2.26. The van der Waals surface area contributed by atoms with Crippen LogP contribution in [0, 0.1) is 10.1 Å². The third kappa shape index (κ3) is 4.70. The summed E-state index contributed by atoms with van der Waals surface area (Å²) in [6.45, 7) is 8.17. The Morgan fingerprint density at radius 2 is 1.93 bits per heavy atom. The standard InChI is InChI=1S/C18H24N6O4/c1-3-19-16(25)12-22-8-10-23(11-9-22)13(2)17-20-21-18(28-17)14-4-6-15(7-5-14)24(26)27/h4-7,13H,3,8-12H2,1-2H3,(H,19,25). The third-order valence-corrected chi connectivity index (χ3v) is 4.82. The van der Waals surface area contributed by atoms with Crippen LogP contribution >= 0.6 is 0 Å². The number of aromatic nitrogens is 2. The second-order valence-corrected chi connectivity index (χ2v) is 6.69. The lowest BCUT2D eigenvalue weighted by atomic mass is 10.2. The highest BCUT2D eigenvalue weighted by atomic mass is 16.6. The van der Waals surface area contributed by atoms with Crippen molar-refractivity contribution in [3.63, 3.8) is 0 Å². The predicted octanol–water partition coefficient (Wildman–Crippen LogP) is 1.46. The number of hydrogen-bond donors (Lipinski definition) is 1. The molecule has 1 fully saturated rings. The Balaban J connectivity index is 1.58. The van der Waals surface area contributed by atoms with E-state index in [1.807, 2.05) is 13.8 Å². The number of hydrogen-bond acceptors (Lipinski definition) is 8. The second kappa shape index (κ2) is 8.89. The van der Waals surface area contributed by atoms with Crippen molar-refractivity contribution < 1.29 is 14.1 Å². The van der Waals surface area contributed by atoms with Crippen LogP contribution in [0.3, 0.4) is 0 Å². The van der Waals surface area contributed by atoms with Gasteiger partial charge in [0.1, 0.15) is 0 Å². The molecule has 1 amide bonds. The molecular weight excluding hydrogens is 364 g/mol. The van der Waals surface area contributed by atoms with E-state index in [1.165, 1.54) is 12.1 Å². The van der Waals surface area contributed by atoms with E-state index in [4.69, 9.17) is 4.42 Å². The highest BCUT2D eigenvalue weighted by Gasteiger charge is 2.26. The number of nitrogens with zero attached hydrogens (tertiary/aromatic N) is 5. The monoisotopic (exact) mass is 388 g/mol. The first-order valence-electron chi connectivity index (χ1n) is 9.29. The van der Waals surface area contributed by atoms with Crippen molar-refractivity contribution in [3.05, 3.63) is 40.3 Å². The Hall–Kier alpha value is -2.85. The number of piperazine rings is 1. The summed E-state index contributed by atoms with van der Waals surface area (Å²) < 4.78 is 5.80. The lowest BCUT2D eigenvalue weighted by Gasteiger charge is -2.36. The minimum absolute atomic E-state index is 0.0161. The van der Waals surface area contributed by atoms with E-state index in [9.17, 15) is 14.9 Å². The maximum absolute atomic E-state index is 11.7. The van der Waals surface area contributed by atoms with Crippen LogP contribution in [0.2, 0.25) is 0 Å². The molecule has 28 heavy (non-hydrogen) atoms. The number of nitrogens with one attached hydrogen (secondary N) is 1. The molecule has 1 aliphatic heterocycles. The number of non-ortho nitro benzene ring substituents is 1. The number of nitro benzene ring substituents is 1. The Bertz CT molecular complexity index is 814. The molecular formula is C18H24N6O4. The van der Waals surface area contributed by atoms with Crippen LogP contribution in [0.15, 0.2) is 28.7 Å². The van der Waals surface area contributed by atoms with Gasteiger partial charge in [0.05, 0.1) is 17.5 Å². The molecule has 3 rings (SSSR count). The summed E-state index contributed by atoms with van der Waals surface area (Å²) in [5.74, 6) is 0.894. The van der Waals surface area contributed by atoms with Crippen LogP contribution in [0.25, 0.3) is 11.5 Å². The van der Waals surface area contributed by atoms with Gasteiger partial charge in [0, 0.05) is 50.4 Å². The number of carbonyl (C=O) groups is 1. The van der Waals surface area contributed by atoms with Crippen molar-refractivity contribution in [2.75, 3.05) is 39.3 Å². The van der Waals surface area contributed by atoms with Gasteiger partial charge in [-0.15, -0.1) is 10.2 Å². The number of carbonyl (C=O) groups excluding carboxylic acids is 1. The van der Waals surface area contributed by atoms with Crippen molar-refractivity contribution in [1.29, 1.82) is 0 Å². The van der Waals surface area contributed by atoms with Gasteiger partial charge in [-0.25, -0.2) is 0 Å². The van der Waals surface area contributed by atoms with Gasteiger partial charge in [-0.2, -0.15) is 0 Å². The van der Waals surface area contributed by atoms with Crippen LogP contribution in [-0.4, -0.2) is 70.1 Å². The van der Waals surface area contributed by atoms with Gasteiger partial charge in [-0.3, -0.25) is 24.7 Å². The molecule has 1 aromatic heterocycles. The van der Waals surface area contributed by atoms with Gasteiger partial charge in [0.25, 0.3) is 5.69 Å². The minimum Gasteiger partial charge on any atom is -0.419 e. The van der Waals surface area contributed by atoms with Crippen LogP contribution in [0.5, 0.6) is 0 Å². The van der Waals surface area contributed by atoms with Crippen LogP contribution in [0.1, 0.15) is 25.8 Å². The summed E-state index contributed by atoms with van der Waals surface area (Å²) >= 11 is 0. The zero-order valence-electron chi connectivity index (χ0n) is 16.0. The summed E-state index contributed by atoms with van der Waals surface area (Å²) in [7, 11) is 0. The molecule has 10 nitrogen and oxygen atoms in total. The molecule has 1 saturated heterocycles. The minimum atomic E-state index is -0.448. The highest BCUT2D eigenvalue weighted by molar-refractivity contribution is 5.77. The quantitative estimate of drug-likeness (QED) is 0.559. The fraction of sp³-hybridized carbons (Fsp3) is 0.500. The fourth-order valence-electron chi connectivity index (χ4n) is 3.17. The molecule has 1 aromatic carbocycles. The van der Waals surface area contributed by atoms with Gasteiger partial charge in [0.15, 0.2) is 0 Å². The third-order valence-electron chi connectivity index (χ3n) is 4.82. The van der Waals surface area contributed by atoms with Gasteiger partial charge < -0.3 is 9.73 Å². The molecule has 2 heterocycles. The molecule has 1 atom stereocenters. The Morgan fingerprint density at radius 3 is 2.54 bits per heavy atom. The first-order chi connectivity index (χ1) is 13.5. The molecule has 0 saturated carbocycles. The molecule has 0 radical (unpaired) electrons. The van der Waals surface area contributed by atoms with E-state index in [0.717, 1.165) is 26.2 Å². The summed E-state index contributed by atoms with van der Waals surface area (Å²) in [4.78, 5) is 26.4. The first-order valence-corrected chi connectivity index (χ1v) is 9.29. The maximum atomic E-state index is 11.7. The number of rotatable bonds is 7. The molecule has 1 N–H and O–H groups in total. The van der Waals surface area contributed by atoms with E-state index >= 15 is 0 Å². The Labute approximate surface area is 162 Å². The molecule has 1 aliphatic rings. The van der Waals surface area contributed by atoms with Crippen molar-refractivity contribution in [2.45, 2.75) is 19.9 Å². The fourth-order valence-corrected chi connectivity index (χ4v) is 3.17. The maximum Gasteiger partial charge on any atom is 0.269 e. The molecule has 1 unspecified atom stereocenters. The summed E-state index contributed by atoms with van der Waals surface area (Å²) in [6, 6.07) is 5.97. The Kier molecular flexibility index (Phi) is 6.32. The van der Waals surface area contributed by atoms with Crippen molar-refractivity contribution >= 4 is 11.6 Å². The van der Waals surface area contributed by atoms with Crippen molar-refractivity contribution in [1.82, 2.24) is 25.3 Å². The average molecular weight is 388 g/mol. The molecule has 150 valence electrons. The van der Waals surface area contributed by atoms with Gasteiger partial charge in [0.2, 0.25) is 17.7 Å². The van der Waals surface area contributed by atoms with Crippen LogP contribution in [0.4, 0.5) is 5.69 Å². The van der Waals surface area contributed by atoms with Crippen LogP contribution < -0.4 is 5.32 Å². The van der Waals surface area contributed by atoms with E-state index < -0.39 is 4.92 Å². The summed E-state index contributed by atoms with van der Waals surface area (Å²) in [6.07, 6.45) is 0. The molecule has 2 aromatic rings. The lowest BCUT2D eigenvalue weighted by molar-refractivity contribution is -0.384. The molecule has 0 spiro atoms. The number of likely N-dealkylation sites (N-methyl/N-ethyl adjacent to an activating group) is 1.